The van der Waals surface area contributed by atoms with Gasteiger partial charge in [0.05, 0.1) is 12.3 Å². The fourth-order valence-electron chi connectivity index (χ4n) is 2.52. The van der Waals surface area contributed by atoms with Crippen molar-refractivity contribution in [3.8, 4) is 11.3 Å². The predicted molar refractivity (Wildman–Crippen MR) is 92.8 cm³/mol. The van der Waals surface area contributed by atoms with Gasteiger partial charge in [-0.05, 0) is 18.4 Å². The van der Waals surface area contributed by atoms with E-state index < -0.39 is 0 Å². The van der Waals surface area contributed by atoms with E-state index in [0.29, 0.717) is 6.61 Å². The third-order valence-electron chi connectivity index (χ3n) is 3.56. The van der Waals surface area contributed by atoms with Crippen molar-refractivity contribution in [2.24, 2.45) is 0 Å². The van der Waals surface area contributed by atoms with Gasteiger partial charge in [-0.3, -0.25) is 4.98 Å². The van der Waals surface area contributed by atoms with Crippen molar-refractivity contribution < 1.29 is 9.53 Å². The second kappa shape index (κ2) is 6.88. The second-order valence-electron chi connectivity index (χ2n) is 5.06. The van der Waals surface area contributed by atoms with Crippen LogP contribution in [0, 0.1) is 0 Å². The molecular formula is C20H17NO2. The molecule has 1 aromatic heterocycles. The van der Waals surface area contributed by atoms with Crippen LogP contribution in [0.1, 0.15) is 12.5 Å². The van der Waals surface area contributed by atoms with Gasteiger partial charge in [-0.15, -0.1) is 0 Å². The first kappa shape index (κ1) is 15.0. The van der Waals surface area contributed by atoms with Gasteiger partial charge in [-0.2, -0.15) is 0 Å². The van der Waals surface area contributed by atoms with E-state index in [-0.39, 0.29) is 5.97 Å². The van der Waals surface area contributed by atoms with E-state index in [4.69, 9.17) is 4.74 Å². The number of aromatic nitrogens is 1. The average molecular weight is 303 g/mol. The molecule has 0 atom stereocenters. The van der Waals surface area contributed by atoms with E-state index in [9.17, 15) is 4.79 Å². The Morgan fingerprint density at radius 3 is 2.61 bits per heavy atom. The number of esters is 1. The van der Waals surface area contributed by atoms with E-state index >= 15 is 0 Å². The molecule has 23 heavy (non-hydrogen) atoms. The molecule has 0 radical (unpaired) electrons. The topological polar surface area (TPSA) is 39.2 Å². The van der Waals surface area contributed by atoms with Gasteiger partial charge in [0.2, 0.25) is 0 Å². The van der Waals surface area contributed by atoms with E-state index in [1.54, 1.807) is 13.0 Å². The summed E-state index contributed by atoms with van der Waals surface area (Å²) in [6.07, 6.45) is 5.11. The third kappa shape index (κ3) is 3.29. The van der Waals surface area contributed by atoms with E-state index in [0.717, 1.165) is 27.6 Å². The molecule has 1 heterocycles. The summed E-state index contributed by atoms with van der Waals surface area (Å²) in [5.41, 5.74) is 2.79. The molecule has 3 heteroatoms. The standard InChI is InChI=1S/C20H17NO2/c1-2-23-19(22)13-12-18-17-11-7-6-10-16(17)14-21-20(18)15-8-4-3-5-9-15/h3-14H,2H2,1H3/b13-12-. The number of carbonyl (C=O) groups is 1. The molecule has 0 fully saturated rings. The molecule has 3 nitrogen and oxygen atoms in total. The van der Waals surface area contributed by atoms with Gasteiger partial charge in [0.15, 0.2) is 0 Å². The lowest BCUT2D eigenvalue weighted by Gasteiger charge is -2.09. The molecule has 0 N–H and O–H groups in total. The van der Waals surface area contributed by atoms with Gasteiger partial charge in [0.1, 0.15) is 0 Å². The minimum atomic E-state index is -0.348. The normalized spacial score (nSPS) is 11.0. The molecule has 0 amide bonds. The maximum Gasteiger partial charge on any atom is 0.330 e. The number of pyridine rings is 1. The molecule has 0 saturated heterocycles. The van der Waals surface area contributed by atoms with Crippen molar-refractivity contribution in [3.63, 3.8) is 0 Å². The summed E-state index contributed by atoms with van der Waals surface area (Å²) < 4.78 is 4.98. The fraction of sp³-hybridized carbons (Fsp3) is 0.100. The zero-order valence-corrected chi connectivity index (χ0v) is 12.9. The molecule has 0 bridgehead atoms. The van der Waals surface area contributed by atoms with Gasteiger partial charge in [0, 0.05) is 28.8 Å². The van der Waals surface area contributed by atoms with Gasteiger partial charge < -0.3 is 4.74 Å². The highest BCUT2D eigenvalue weighted by molar-refractivity contribution is 5.98. The molecule has 2 aromatic carbocycles. The lowest BCUT2D eigenvalue weighted by molar-refractivity contribution is -0.137. The summed E-state index contributed by atoms with van der Waals surface area (Å²) in [5, 5.41) is 2.09. The lowest BCUT2D eigenvalue weighted by atomic mass is 9.99. The van der Waals surface area contributed by atoms with Crippen LogP contribution in [-0.4, -0.2) is 17.6 Å². The second-order valence-corrected chi connectivity index (χ2v) is 5.06. The Morgan fingerprint density at radius 1 is 1.09 bits per heavy atom. The van der Waals surface area contributed by atoms with E-state index in [1.165, 1.54) is 6.08 Å². The molecule has 3 aromatic rings. The zero-order chi connectivity index (χ0) is 16.1. The van der Waals surface area contributed by atoms with E-state index in [2.05, 4.69) is 4.98 Å². The number of hydrogen-bond acceptors (Lipinski definition) is 3. The Bertz CT molecular complexity index is 854. The Hall–Kier alpha value is -2.94. The van der Waals surface area contributed by atoms with Crippen molar-refractivity contribution in [1.82, 2.24) is 4.98 Å². The van der Waals surface area contributed by atoms with Crippen LogP contribution in [0.4, 0.5) is 0 Å². The van der Waals surface area contributed by atoms with Gasteiger partial charge in [-0.1, -0.05) is 54.6 Å². The summed E-state index contributed by atoms with van der Waals surface area (Å²) in [7, 11) is 0. The highest BCUT2D eigenvalue weighted by Gasteiger charge is 2.09. The molecule has 0 aliphatic carbocycles. The Balaban J connectivity index is 2.16. The number of benzene rings is 2. The summed E-state index contributed by atoms with van der Waals surface area (Å²) in [6.45, 7) is 2.16. The summed E-state index contributed by atoms with van der Waals surface area (Å²) >= 11 is 0. The highest BCUT2D eigenvalue weighted by Crippen LogP contribution is 2.29. The minimum absolute atomic E-state index is 0.348. The number of hydrogen-bond donors (Lipinski definition) is 0. The van der Waals surface area contributed by atoms with Crippen LogP contribution in [0.2, 0.25) is 0 Å². The van der Waals surface area contributed by atoms with Crippen molar-refractivity contribution >= 4 is 22.8 Å². The molecule has 0 aliphatic heterocycles. The number of rotatable bonds is 4. The maximum absolute atomic E-state index is 11.7. The van der Waals surface area contributed by atoms with Crippen LogP contribution < -0.4 is 0 Å². The average Bonchev–Trinajstić information content (AvgIpc) is 2.60. The number of fused-ring (bicyclic) bond motifs is 1. The smallest absolute Gasteiger partial charge is 0.330 e. The molecule has 3 rings (SSSR count). The monoisotopic (exact) mass is 303 g/mol. The Kier molecular flexibility index (Phi) is 4.48. The Morgan fingerprint density at radius 2 is 1.83 bits per heavy atom. The maximum atomic E-state index is 11.7. The number of nitrogens with zero attached hydrogens (tertiary/aromatic N) is 1. The van der Waals surface area contributed by atoms with Crippen molar-refractivity contribution in [2.45, 2.75) is 6.92 Å². The first-order valence-electron chi connectivity index (χ1n) is 7.57. The van der Waals surface area contributed by atoms with Crippen LogP contribution in [-0.2, 0) is 9.53 Å². The van der Waals surface area contributed by atoms with Crippen LogP contribution in [0.3, 0.4) is 0 Å². The van der Waals surface area contributed by atoms with Gasteiger partial charge in [-0.25, -0.2) is 4.79 Å². The van der Waals surface area contributed by atoms with Crippen molar-refractivity contribution in [3.05, 3.63) is 72.4 Å². The highest BCUT2D eigenvalue weighted by atomic mass is 16.5. The minimum Gasteiger partial charge on any atom is -0.463 e. The van der Waals surface area contributed by atoms with Crippen LogP contribution in [0.25, 0.3) is 28.1 Å². The number of ether oxygens (including phenoxy) is 1. The SMILES string of the molecule is CCOC(=O)/C=C\c1c(-c2ccccc2)ncc2ccccc12. The first-order chi connectivity index (χ1) is 11.3. The van der Waals surface area contributed by atoms with Crippen LogP contribution >= 0.6 is 0 Å². The zero-order valence-electron chi connectivity index (χ0n) is 12.9. The quantitative estimate of drug-likeness (QED) is 0.527. The third-order valence-corrected chi connectivity index (χ3v) is 3.56. The summed E-state index contributed by atoms with van der Waals surface area (Å²) in [4.78, 5) is 16.3. The Labute approximate surface area is 135 Å². The molecule has 0 spiro atoms. The predicted octanol–water partition coefficient (Wildman–Crippen LogP) is 4.48. The molecule has 0 saturated carbocycles. The van der Waals surface area contributed by atoms with Crippen molar-refractivity contribution in [2.75, 3.05) is 6.61 Å². The van der Waals surface area contributed by atoms with Gasteiger partial charge >= 0.3 is 5.97 Å². The molecular weight excluding hydrogens is 286 g/mol. The summed E-state index contributed by atoms with van der Waals surface area (Å²) in [6, 6.07) is 18.0. The van der Waals surface area contributed by atoms with Crippen molar-refractivity contribution in [1.29, 1.82) is 0 Å². The first-order valence-corrected chi connectivity index (χ1v) is 7.57. The fourth-order valence-corrected chi connectivity index (χ4v) is 2.52. The lowest BCUT2D eigenvalue weighted by Crippen LogP contribution is -1.99. The van der Waals surface area contributed by atoms with Crippen LogP contribution in [0.15, 0.2) is 66.9 Å². The molecule has 0 aliphatic rings. The van der Waals surface area contributed by atoms with Crippen LogP contribution in [0.5, 0.6) is 0 Å². The largest absolute Gasteiger partial charge is 0.463 e. The molecule has 0 unspecified atom stereocenters. The molecule has 114 valence electrons. The van der Waals surface area contributed by atoms with Gasteiger partial charge in [0.25, 0.3) is 0 Å². The summed E-state index contributed by atoms with van der Waals surface area (Å²) in [5.74, 6) is -0.348. The van der Waals surface area contributed by atoms with E-state index in [1.807, 2.05) is 60.8 Å². The number of carbonyl (C=O) groups excluding carboxylic acids is 1.